The molecule has 1 heteroatoms. The quantitative estimate of drug-likeness (QED) is 0.422. The van der Waals surface area contributed by atoms with Crippen LogP contribution in [0, 0.1) is 13.8 Å². The van der Waals surface area contributed by atoms with Gasteiger partial charge in [-0.1, -0.05) is 54.6 Å². The van der Waals surface area contributed by atoms with Crippen molar-refractivity contribution < 1.29 is 4.42 Å². The standard InChI is InChI=1S/C20H16O/c1-13-7-6-10-17-18-12-11-16(15-8-4-3-5-9-15)14(2)20(18)21-19(13)17/h3-12H,1-2H3. The van der Waals surface area contributed by atoms with Crippen LogP contribution in [0.15, 0.2) is 65.1 Å². The number of fused-ring (bicyclic) bond motifs is 3. The highest BCUT2D eigenvalue weighted by Crippen LogP contribution is 2.36. The molecule has 21 heavy (non-hydrogen) atoms. The maximum Gasteiger partial charge on any atom is 0.138 e. The highest BCUT2D eigenvalue weighted by atomic mass is 16.3. The van der Waals surface area contributed by atoms with Gasteiger partial charge in [-0.3, -0.25) is 0 Å². The molecule has 0 N–H and O–H groups in total. The van der Waals surface area contributed by atoms with Gasteiger partial charge in [-0.15, -0.1) is 0 Å². The molecule has 1 aromatic heterocycles. The summed E-state index contributed by atoms with van der Waals surface area (Å²) in [6, 6.07) is 21.2. The minimum atomic E-state index is 1.00. The van der Waals surface area contributed by atoms with E-state index in [0.717, 1.165) is 11.2 Å². The van der Waals surface area contributed by atoms with E-state index in [9.17, 15) is 0 Å². The second kappa shape index (κ2) is 4.49. The largest absolute Gasteiger partial charge is 0.455 e. The summed E-state index contributed by atoms with van der Waals surface area (Å²) >= 11 is 0. The van der Waals surface area contributed by atoms with Crippen LogP contribution in [0.5, 0.6) is 0 Å². The maximum absolute atomic E-state index is 6.18. The molecule has 4 aromatic rings. The van der Waals surface area contributed by atoms with Crippen molar-refractivity contribution in [3.8, 4) is 11.1 Å². The molecule has 0 fully saturated rings. The van der Waals surface area contributed by atoms with Crippen molar-refractivity contribution in [3.63, 3.8) is 0 Å². The first-order chi connectivity index (χ1) is 10.3. The number of benzene rings is 3. The average molecular weight is 272 g/mol. The predicted molar refractivity (Wildman–Crippen MR) is 88.6 cm³/mol. The molecule has 0 aliphatic carbocycles. The third-order valence-corrected chi connectivity index (χ3v) is 4.20. The number of rotatable bonds is 1. The van der Waals surface area contributed by atoms with Gasteiger partial charge in [0.05, 0.1) is 0 Å². The van der Waals surface area contributed by atoms with E-state index >= 15 is 0 Å². The first-order valence-electron chi connectivity index (χ1n) is 7.22. The van der Waals surface area contributed by atoms with Crippen molar-refractivity contribution in [1.82, 2.24) is 0 Å². The van der Waals surface area contributed by atoms with Crippen LogP contribution in [-0.4, -0.2) is 0 Å². The molecule has 4 rings (SSSR count). The van der Waals surface area contributed by atoms with Crippen molar-refractivity contribution in [2.24, 2.45) is 0 Å². The zero-order chi connectivity index (χ0) is 14.4. The zero-order valence-corrected chi connectivity index (χ0v) is 12.2. The molecule has 102 valence electrons. The van der Waals surface area contributed by atoms with Gasteiger partial charge in [0, 0.05) is 16.3 Å². The SMILES string of the molecule is Cc1cccc2c1oc1c(C)c(-c3ccccc3)ccc12. The monoisotopic (exact) mass is 272 g/mol. The zero-order valence-electron chi connectivity index (χ0n) is 12.2. The number of furan rings is 1. The Kier molecular flexibility index (Phi) is 2.61. The van der Waals surface area contributed by atoms with Gasteiger partial charge in [-0.25, -0.2) is 0 Å². The lowest BCUT2D eigenvalue weighted by Crippen LogP contribution is -1.83. The third kappa shape index (κ3) is 1.78. The van der Waals surface area contributed by atoms with E-state index in [1.807, 2.05) is 6.07 Å². The summed E-state index contributed by atoms with van der Waals surface area (Å²) in [6.07, 6.45) is 0. The lowest BCUT2D eigenvalue weighted by Gasteiger charge is -2.06. The highest BCUT2D eigenvalue weighted by molar-refractivity contribution is 6.08. The smallest absolute Gasteiger partial charge is 0.138 e. The van der Waals surface area contributed by atoms with Crippen LogP contribution in [0.25, 0.3) is 33.1 Å². The van der Waals surface area contributed by atoms with Gasteiger partial charge in [-0.05, 0) is 36.6 Å². The Balaban J connectivity index is 2.08. The number of hydrogen-bond acceptors (Lipinski definition) is 1. The number of aryl methyl sites for hydroxylation is 2. The van der Waals surface area contributed by atoms with Gasteiger partial charge in [0.15, 0.2) is 0 Å². The molecule has 0 amide bonds. The molecular weight excluding hydrogens is 256 g/mol. The van der Waals surface area contributed by atoms with E-state index in [2.05, 4.69) is 68.4 Å². The molecule has 0 aliphatic heterocycles. The van der Waals surface area contributed by atoms with Crippen LogP contribution in [0.2, 0.25) is 0 Å². The minimum Gasteiger partial charge on any atom is -0.455 e. The maximum atomic E-state index is 6.18. The molecular formula is C20H16O. The fourth-order valence-corrected chi connectivity index (χ4v) is 3.07. The topological polar surface area (TPSA) is 13.1 Å². The van der Waals surface area contributed by atoms with Crippen molar-refractivity contribution >= 4 is 21.9 Å². The molecule has 0 saturated carbocycles. The van der Waals surface area contributed by atoms with Crippen molar-refractivity contribution in [1.29, 1.82) is 0 Å². The Bertz CT molecular complexity index is 946. The minimum absolute atomic E-state index is 1.00. The summed E-state index contributed by atoms with van der Waals surface area (Å²) in [4.78, 5) is 0. The van der Waals surface area contributed by atoms with Gasteiger partial charge in [0.2, 0.25) is 0 Å². The van der Waals surface area contributed by atoms with Gasteiger partial charge in [0.25, 0.3) is 0 Å². The summed E-state index contributed by atoms with van der Waals surface area (Å²) in [5.74, 6) is 0. The van der Waals surface area contributed by atoms with Gasteiger partial charge in [-0.2, -0.15) is 0 Å². The van der Waals surface area contributed by atoms with Crippen LogP contribution in [0.4, 0.5) is 0 Å². The molecule has 3 aromatic carbocycles. The lowest BCUT2D eigenvalue weighted by molar-refractivity contribution is 0.663. The Labute approximate surface area is 123 Å². The van der Waals surface area contributed by atoms with E-state index in [1.54, 1.807) is 0 Å². The number of para-hydroxylation sites is 1. The summed E-state index contributed by atoms with van der Waals surface area (Å²) in [6.45, 7) is 4.24. The van der Waals surface area contributed by atoms with Crippen molar-refractivity contribution in [2.45, 2.75) is 13.8 Å². The number of hydrogen-bond donors (Lipinski definition) is 0. The van der Waals surface area contributed by atoms with Gasteiger partial charge in [0.1, 0.15) is 11.2 Å². The Morgan fingerprint density at radius 2 is 1.43 bits per heavy atom. The summed E-state index contributed by atoms with van der Waals surface area (Å²) in [5, 5.41) is 2.40. The second-order valence-electron chi connectivity index (χ2n) is 5.53. The summed E-state index contributed by atoms with van der Waals surface area (Å²) in [5.41, 5.74) is 6.86. The predicted octanol–water partition coefficient (Wildman–Crippen LogP) is 5.87. The summed E-state index contributed by atoms with van der Waals surface area (Å²) < 4.78 is 6.18. The Morgan fingerprint density at radius 3 is 2.24 bits per heavy atom. The van der Waals surface area contributed by atoms with Crippen molar-refractivity contribution in [3.05, 3.63) is 71.8 Å². The average Bonchev–Trinajstić information content (AvgIpc) is 2.90. The Hall–Kier alpha value is -2.54. The van der Waals surface area contributed by atoms with E-state index in [0.29, 0.717) is 0 Å². The van der Waals surface area contributed by atoms with Crippen LogP contribution in [0.1, 0.15) is 11.1 Å². The van der Waals surface area contributed by atoms with E-state index in [4.69, 9.17) is 4.42 Å². The Morgan fingerprint density at radius 1 is 0.667 bits per heavy atom. The first kappa shape index (κ1) is 12.2. The normalized spacial score (nSPS) is 11.3. The van der Waals surface area contributed by atoms with Crippen LogP contribution < -0.4 is 0 Å². The molecule has 0 radical (unpaired) electrons. The molecule has 0 saturated heterocycles. The van der Waals surface area contributed by atoms with Crippen molar-refractivity contribution in [2.75, 3.05) is 0 Å². The molecule has 0 aliphatic rings. The molecule has 1 heterocycles. The van der Waals surface area contributed by atoms with E-state index < -0.39 is 0 Å². The first-order valence-corrected chi connectivity index (χ1v) is 7.22. The molecule has 0 bridgehead atoms. The fourth-order valence-electron chi connectivity index (χ4n) is 3.07. The van der Waals surface area contributed by atoms with E-state index in [1.165, 1.54) is 33.0 Å². The molecule has 0 unspecified atom stereocenters. The highest BCUT2D eigenvalue weighted by Gasteiger charge is 2.13. The molecule has 0 spiro atoms. The summed E-state index contributed by atoms with van der Waals surface area (Å²) in [7, 11) is 0. The molecule has 1 nitrogen and oxygen atoms in total. The van der Waals surface area contributed by atoms with Gasteiger partial charge >= 0.3 is 0 Å². The van der Waals surface area contributed by atoms with Gasteiger partial charge < -0.3 is 4.42 Å². The third-order valence-electron chi connectivity index (χ3n) is 4.20. The molecule has 0 atom stereocenters. The lowest BCUT2D eigenvalue weighted by atomic mass is 9.98. The van der Waals surface area contributed by atoms with E-state index in [-0.39, 0.29) is 0 Å². The van der Waals surface area contributed by atoms with Crippen LogP contribution in [-0.2, 0) is 0 Å². The van der Waals surface area contributed by atoms with Crippen LogP contribution >= 0.6 is 0 Å². The second-order valence-corrected chi connectivity index (χ2v) is 5.53. The fraction of sp³-hybridized carbons (Fsp3) is 0.100. The van der Waals surface area contributed by atoms with Crippen LogP contribution in [0.3, 0.4) is 0 Å².